The molecule has 1 atom stereocenters. The van der Waals surface area contributed by atoms with Crippen LogP contribution >= 0.6 is 0 Å². The van der Waals surface area contributed by atoms with E-state index in [4.69, 9.17) is 0 Å². The average molecular weight is 238 g/mol. The van der Waals surface area contributed by atoms with Gasteiger partial charge < -0.3 is 10.4 Å². The van der Waals surface area contributed by atoms with Crippen LogP contribution in [0.25, 0.3) is 0 Å². The number of rotatable bonds is 4. The molecule has 0 saturated carbocycles. The Morgan fingerprint density at radius 3 is 2.53 bits per heavy atom. The third-order valence-corrected chi connectivity index (χ3v) is 3.00. The fraction of sp³-hybridized carbons (Fsp3) is 0.500. The molecule has 0 aromatic heterocycles. The molecule has 0 amide bonds. The topological polar surface area (TPSA) is 75.4 Å². The van der Waals surface area contributed by atoms with Gasteiger partial charge in [-0.3, -0.25) is 10.1 Å². The van der Waals surface area contributed by atoms with Crippen molar-refractivity contribution in [1.29, 1.82) is 0 Å². The number of nitrogens with one attached hydrogen (secondary N) is 1. The first-order valence-electron chi connectivity index (χ1n) is 5.46. The van der Waals surface area contributed by atoms with Crippen molar-refractivity contribution >= 4 is 11.4 Å². The highest BCUT2D eigenvalue weighted by molar-refractivity contribution is 5.60. The Morgan fingerprint density at radius 2 is 2.06 bits per heavy atom. The van der Waals surface area contributed by atoms with Crippen molar-refractivity contribution in [3.63, 3.8) is 0 Å². The zero-order valence-electron chi connectivity index (χ0n) is 10.5. The van der Waals surface area contributed by atoms with Crippen molar-refractivity contribution in [3.8, 4) is 0 Å². The summed E-state index contributed by atoms with van der Waals surface area (Å²) in [5, 5.41) is 23.5. The van der Waals surface area contributed by atoms with Gasteiger partial charge in [0.2, 0.25) is 0 Å². The van der Waals surface area contributed by atoms with Crippen LogP contribution in [0.3, 0.4) is 0 Å². The van der Waals surface area contributed by atoms with Crippen LogP contribution < -0.4 is 5.32 Å². The summed E-state index contributed by atoms with van der Waals surface area (Å²) in [4.78, 5) is 10.4. The molecule has 0 aliphatic rings. The van der Waals surface area contributed by atoms with E-state index in [1.807, 2.05) is 13.8 Å². The summed E-state index contributed by atoms with van der Waals surface area (Å²) in [5.74, 6) is 0. The Bertz CT molecular complexity index is 428. The summed E-state index contributed by atoms with van der Waals surface area (Å²) in [6, 6.07) is 4.87. The lowest BCUT2D eigenvalue weighted by Gasteiger charge is -2.31. The molecule has 0 spiro atoms. The largest absolute Gasteiger partial charge is 0.391 e. The second-order valence-corrected chi connectivity index (χ2v) is 4.73. The third kappa shape index (κ3) is 2.94. The smallest absolute Gasteiger partial charge is 0.274 e. The molecule has 0 saturated heterocycles. The standard InChI is InChI=1S/C12H18N2O3/c1-8-10(13-12(3,4)9(2)15)6-5-7-11(8)14(16)17/h5-7,9,13,15H,1-4H3. The molecular formula is C12H18N2O3. The molecule has 0 aliphatic carbocycles. The van der Waals surface area contributed by atoms with Crippen molar-refractivity contribution < 1.29 is 10.0 Å². The number of benzene rings is 1. The Morgan fingerprint density at radius 1 is 1.47 bits per heavy atom. The minimum absolute atomic E-state index is 0.0800. The van der Waals surface area contributed by atoms with Gasteiger partial charge in [-0.15, -0.1) is 0 Å². The summed E-state index contributed by atoms with van der Waals surface area (Å²) < 4.78 is 0. The van der Waals surface area contributed by atoms with Crippen molar-refractivity contribution in [1.82, 2.24) is 0 Å². The summed E-state index contributed by atoms with van der Waals surface area (Å²) >= 11 is 0. The first kappa shape index (κ1) is 13.4. The number of nitro benzene ring substituents is 1. The van der Waals surface area contributed by atoms with Crippen LogP contribution in [0.15, 0.2) is 18.2 Å². The molecule has 17 heavy (non-hydrogen) atoms. The molecule has 0 radical (unpaired) electrons. The monoisotopic (exact) mass is 238 g/mol. The summed E-state index contributed by atoms with van der Waals surface area (Å²) in [7, 11) is 0. The number of hydrogen-bond donors (Lipinski definition) is 2. The van der Waals surface area contributed by atoms with Crippen LogP contribution in [0.1, 0.15) is 26.3 Å². The van der Waals surface area contributed by atoms with Gasteiger partial charge in [0.25, 0.3) is 5.69 Å². The Hall–Kier alpha value is -1.62. The van der Waals surface area contributed by atoms with Crippen LogP contribution in [0.5, 0.6) is 0 Å². The molecule has 0 bridgehead atoms. The minimum atomic E-state index is -0.568. The lowest BCUT2D eigenvalue weighted by Crippen LogP contribution is -2.42. The third-order valence-electron chi connectivity index (χ3n) is 3.00. The van der Waals surface area contributed by atoms with Gasteiger partial charge in [0.15, 0.2) is 0 Å². The highest BCUT2D eigenvalue weighted by atomic mass is 16.6. The van der Waals surface area contributed by atoms with Gasteiger partial charge in [-0.25, -0.2) is 0 Å². The Labute approximate surface area is 101 Å². The van der Waals surface area contributed by atoms with Crippen LogP contribution in [-0.4, -0.2) is 21.7 Å². The summed E-state index contributed by atoms with van der Waals surface area (Å²) in [6.07, 6.45) is -0.568. The van der Waals surface area contributed by atoms with E-state index < -0.39 is 16.6 Å². The molecule has 2 N–H and O–H groups in total. The predicted octanol–water partition coefficient (Wildman–Crippen LogP) is 2.47. The van der Waals surface area contributed by atoms with Crippen molar-refractivity contribution in [2.24, 2.45) is 0 Å². The van der Waals surface area contributed by atoms with E-state index in [1.165, 1.54) is 6.07 Å². The number of hydrogen-bond acceptors (Lipinski definition) is 4. The van der Waals surface area contributed by atoms with E-state index >= 15 is 0 Å². The van der Waals surface area contributed by atoms with Crippen molar-refractivity contribution in [2.45, 2.75) is 39.3 Å². The van der Waals surface area contributed by atoms with Gasteiger partial charge in [-0.2, -0.15) is 0 Å². The number of anilines is 1. The zero-order valence-corrected chi connectivity index (χ0v) is 10.5. The summed E-state index contributed by atoms with van der Waals surface area (Å²) in [5.41, 5.74) is 0.785. The van der Waals surface area contributed by atoms with Gasteiger partial charge in [0, 0.05) is 17.3 Å². The second-order valence-electron chi connectivity index (χ2n) is 4.73. The lowest BCUT2D eigenvalue weighted by atomic mass is 9.97. The molecule has 94 valence electrons. The fourth-order valence-corrected chi connectivity index (χ4v) is 1.41. The molecule has 0 fully saturated rings. The number of aliphatic hydroxyl groups excluding tert-OH is 1. The normalized spacial score (nSPS) is 13.2. The van der Waals surface area contributed by atoms with Crippen LogP contribution in [-0.2, 0) is 0 Å². The van der Waals surface area contributed by atoms with E-state index in [0.717, 1.165) is 0 Å². The number of aliphatic hydroxyl groups is 1. The molecule has 1 unspecified atom stereocenters. The molecule has 5 nitrogen and oxygen atoms in total. The van der Waals surface area contributed by atoms with Crippen molar-refractivity contribution in [3.05, 3.63) is 33.9 Å². The quantitative estimate of drug-likeness (QED) is 0.624. The highest BCUT2D eigenvalue weighted by Crippen LogP contribution is 2.28. The second kappa shape index (κ2) is 4.71. The van der Waals surface area contributed by atoms with Gasteiger partial charge in [-0.1, -0.05) is 6.07 Å². The van der Waals surface area contributed by atoms with E-state index in [-0.39, 0.29) is 5.69 Å². The van der Waals surface area contributed by atoms with Gasteiger partial charge in [0.1, 0.15) is 0 Å². The first-order chi connectivity index (χ1) is 7.75. The molecule has 1 aromatic carbocycles. The maximum atomic E-state index is 10.8. The van der Waals surface area contributed by atoms with Gasteiger partial charge in [-0.05, 0) is 33.8 Å². The van der Waals surface area contributed by atoms with Gasteiger partial charge >= 0.3 is 0 Å². The molecule has 5 heteroatoms. The maximum Gasteiger partial charge on any atom is 0.274 e. The minimum Gasteiger partial charge on any atom is -0.391 e. The number of nitrogens with zero attached hydrogens (tertiary/aromatic N) is 1. The SMILES string of the molecule is Cc1c(NC(C)(C)C(C)O)cccc1[N+](=O)[O-]. The van der Waals surface area contributed by atoms with Crippen LogP contribution in [0.4, 0.5) is 11.4 Å². The van der Waals surface area contributed by atoms with Gasteiger partial charge in [0.05, 0.1) is 16.6 Å². The lowest BCUT2D eigenvalue weighted by molar-refractivity contribution is -0.385. The van der Waals surface area contributed by atoms with E-state index in [0.29, 0.717) is 11.3 Å². The predicted molar refractivity (Wildman–Crippen MR) is 67.2 cm³/mol. The first-order valence-corrected chi connectivity index (χ1v) is 5.46. The highest BCUT2D eigenvalue weighted by Gasteiger charge is 2.25. The van der Waals surface area contributed by atoms with E-state index in [1.54, 1.807) is 26.0 Å². The Balaban J connectivity index is 3.08. The maximum absolute atomic E-state index is 10.8. The van der Waals surface area contributed by atoms with Crippen LogP contribution in [0, 0.1) is 17.0 Å². The molecule has 0 aliphatic heterocycles. The molecular weight excluding hydrogens is 220 g/mol. The van der Waals surface area contributed by atoms with E-state index in [2.05, 4.69) is 5.32 Å². The van der Waals surface area contributed by atoms with Crippen molar-refractivity contribution in [2.75, 3.05) is 5.32 Å². The average Bonchev–Trinajstić information content (AvgIpc) is 2.20. The van der Waals surface area contributed by atoms with Crippen LogP contribution in [0.2, 0.25) is 0 Å². The summed E-state index contributed by atoms with van der Waals surface area (Å²) in [6.45, 7) is 7.06. The Kier molecular flexibility index (Phi) is 3.72. The molecule has 1 rings (SSSR count). The number of nitro groups is 1. The van der Waals surface area contributed by atoms with E-state index in [9.17, 15) is 15.2 Å². The molecule has 1 aromatic rings. The molecule has 0 heterocycles. The zero-order chi connectivity index (χ0) is 13.2. The fourth-order valence-electron chi connectivity index (χ4n) is 1.41.